The largest absolute Gasteiger partial charge is 0.465 e. The molecule has 0 aliphatic carbocycles. The average Bonchev–Trinajstić information content (AvgIpc) is 2.73. The smallest absolute Gasteiger partial charge is 0.337 e. The van der Waals surface area contributed by atoms with Gasteiger partial charge < -0.3 is 20.3 Å². The van der Waals surface area contributed by atoms with Gasteiger partial charge in [0.2, 0.25) is 5.91 Å². The molecule has 6 heteroatoms. The Balaban J connectivity index is 1.51. The van der Waals surface area contributed by atoms with Crippen LogP contribution in [0.1, 0.15) is 29.6 Å². The maximum atomic E-state index is 12.2. The average molecular weight is 367 g/mol. The number of esters is 1. The fourth-order valence-electron chi connectivity index (χ4n) is 3.17. The van der Waals surface area contributed by atoms with E-state index in [9.17, 15) is 9.59 Å². The van der Waals surface area contributed by atoms with Crippen molar-refractivity contribution in [3.05, 3.63) is 54.1 Å². The summed E-state index contributed by atoms with van der Waals surface area (Å²) in [6.07, 6.45) is 3.81. The normalized spacial score (nSPS) is 13.7. The van der Waals surface area contributed by atoms with Crippen LogP contribution in [0.25, 0.3) is 0 Å². The molecule has 6 nitrogen and oxygen atoms in total. The molecule has 142 valence electrons. The van der Waals surface area contributed by atoms with Crippen LogP contribution in [0.15, 0.2) is 48.5 Å². The second-order valence-corrected chi connectivity index (χ2v) is 6.57. The van der Waals surface area contributed by atoms with Crippen molar-refractivity contribution < 1.29 is 14.3 Å². The molecule has 0 spiro atoms. The summed E-state index contributed by atoms with van der Waals surface area (Å²) in [6, 6.07) is 14.8. The summed E-state index contributed by atoms with van der Waals surface area (Å²) in [5.74, 6) is -0.616. The van der Waals surface area contributed by atoms with Crippen LogP contribution in [-0.4, -0.2) is 38.6 Å². The minimum absolute atomic E-state index is 0.144. The summed E-state index contributed by atoms with van der Waals surface area (Å²) in [5, 5.41) is 5.90. The number of nitrogens with zero attached hydrogens (tertiary/aromatic N) is 1. The third-order valence-electron chi connectivity index (χ3n) is 4.61. The highest BCUT2D eigenvalue weighted by molar-refractivity contribution is 5.96. The maximum Gasteiger partial charge on any atom is 0.337 e. The Morgan fingerprint density at radius 1 is 1.00 bits per heavy atom. The molecule has 27 heavy (non-hydrogen) atoms. The molecule has 0 aromatic heterocycles. The van der Waals surface area contributed by atoms with Crippen LogP contribution < -0.4 is 15.5 Å². The lowest BCUT2D eigenvalue weighted by Gasteiger charge is -2.28. The van der Waals surface area contributed by atoms with Gasteiger partial charge in [0.15, 0.2) is 0 Å². The summed E-state index contributed by atoms with van der Waals surface area (Å²) in [4.78, 5) is 26.1. The van der Waals surface area contributed by atoms with Crippen LogP contribution in [0.2, 0.25) is 0 Å². The Hall–Kier alpha value is -3.02. The van der Waals surface area contributed by atoms with Gasteiger partial charge in [-0.05, 0) is 61.7 Å². The van der Waals surface area contributed by atoms with Crippen molar-refractivity contribution in [2.45, 2.75) is 19.3 Å². The quantitative estimate of drug-likeness (QED) is 0.765. The zero-order valence-corrected chi connectivity index (χ0v) is 15.5. The topological polar surface area (TPSA) is 70.7 Å². The lowest BCUT2D eigenvalue weighted by atomic mass is 10.1. The van der Waals surface area contributed by atoms with E-state index in [0.29, 0.717) is 11.3 Å². The summed E-state index contributed by atoms with van der Waals surface area (Å²) in [5.41, 5.74) is 3.08. The number of piperidine rings is 1. The van der Waals surface area contributed by atoms with Gasteiger partial charge in [0.05, 0.1) is 19.2 Å². The third kappa shape index (κ3) is 5.23. The number of ether oxygens (including phenoxy) is 1. The van der Waals surface area contributed by atoms with Crippen LogP contribution in [0.5, 0.6) is 0 Å². The number of hydrogen-bond donors (Lipinski definition) is 2. The number of anilines is 3. The van der Waals surface area contributed by atoms with Crippen molar-refractivity contribution >= 4 is 28.9 Å². The van der Waals surface area contributed by atoms with E-state index in [0.717, 1.165) is 18.8 Å². The van der Waals surface area contributed by atoms with Crippen molar-refractivity contribution in [1.29, 1.82) is 0 Å². The first kappa shape index (κ1) is 18.8. The molecule has 1 heterocycles. The zero-order valence-electron chi connectivity index (χ0n) is 15.5. The monoisotopic (exact) mass is 367 g/mol. The standard InChI is InChI=1S/C21H25N3O3/c1-27-21(26)16-6-5-7-18(14-16)23-20(25)15-22-17-8-10-19(11-9-17)24-12-3-2-4-13-24/h5-11,14,22H,2-4,12-13,15H2,1H3,(H,23,25). The Morgan fingerprint density at radius 2 is 1.74 bits per heavy atom. The number of carbonyl (C=O) groups is 2. The van der Waals surface area contributed by atoms with E-state index in [4.69, 9.17) is 0 Å². The van der Waals surface area contributed by atoms with Gasteiger partial charge in [-0.25, -0.2) is 4.79 Å². The van der Waals surface area contributed by atoms with Gasteiger partial charge in [0.25, 0.3) is 0 Å². The predicted octanol–water partition coefficient (Wildman–Crippen LogP) is 3.51. The van der Waals surface area contributed by atoms with Gasteiger partial charge in [-0.15, -0.1) is 0 Å². The van der Waals surface area contributed by atoms with E-state index in [1.165, 1.54) is 32.1 Å². The molecule has 0 unspecified atom stereocenters. The van der Waals surface area contributed by atoms with Crippen LogP contribution in [0.3, 0.4) is 0 Å². The Kier molecular flexibility index (Phi) is 6.30. The SMILES string of the molecule is COC(=O)c1cccc(NC(=O)CNc2ccc(N3CCCCC3)cc2)c1. The molecular weight excluding hydrogens is 342 g/mol. The number of methoxy groups -OCH3 is 1. The van der Waals surface area contributed by atoms with Crippen molar-refractivity contribution in [1.82, 2.24) is 0 Å². The van der Waals surface area contributed by atoms with Crippen molar-refractivity contribution in [2.24, 2.45) is 0 Å². The number of amides is 1. The molecule has 1 aliphatic heterocycles. The molecule has 2 aromatic carbocycles. The highest BCUT2D eigenvalue weighted by Gasteiger charge is 2.11. The van der Waals surface area contributed by atoms with Gasteiger partial charge >= 0.3 is 5.97 Å². The molecule has 1 saturated heterocycles. The highest BCUT2D eigenvalue weighted by atomic mass is 16.5. The van der Waals surface area contributed by atoms with Gasteiger partial charge in [-0.3, -0.25) is 4.79 Å². The van der Waals surface area contributed by atoms with E-state index >= 15 is 0 Å². The fraction of sp³-hybridized carbons (Fsp3) is 0.333. The maximum absolute atomic E-state index is 12.2. The zero-order chi connectivity index (χ0) is 19.1. The van der Waals surface area contributed by atoms with Gasteiger partial charge in [-0.1, -0.05) is 6.07 Å². The number of nitrogens with one attached hydrogen (secondary N) is 2. The van der Waals surface area contributed by atoms with Gasteiger partial charge in [-0.2, -0.15) is 0 Å². The van der Waals surface area contributed by atoms with E-state index in [1.807, 2.05) is 12.1 Å². The minimum atomic E-state index is -0.432. The lowest BCUT2D eigenvalue weighted by Crippen LogP contribution is -2.29. The summed E-state index contributed by atoms with van der Waals surface area (Å²) in [7, 11) is 1.33. The van der Waals surface area contributed by atoms with Gasteiger partial charge in [0.1, 0.15) is 0 Å². The minimum Gasteiger partial charge on any atom is -0.465 e. The third-order valence-corrected chi connectivity index (χ3v) is 4.61. The number of carbonyl (C=O) groups excluding carboxylic acids is 2. The Bertz CT molecular complexity index is 784. The van der Waals surface area contributed by atoms with Crippen molar-refractivity contribution in [3.8, 4) is 0 Å². The predicted molar refractivity (Wildman–Crippen MR) is 107 cm³/mol. The summed E-state index contributed by atoms with van der Waals surface area (Å²) in [6.45, 7) is 2.37. The number of rotatable bonds is 6. The molecule has 0 atom stereocenters. The molecule has 0 radical (unpaired) electrons. The molecule has 1 fully saturated rings. The summed E-state index contributed by atoms with van der Waals surface area (Å²) >= 11 is 0. The van der Waals surface area contributed by atoms with E-state index in [1.54, 1.807) is 24.3 Å². The van der Waals surface area contributed by atoms with Crippen molar-refractivity contribution in [2.75, 3.05) is 42.3 Å². The first-order chi connectivity index (χ1) is 13.2. The van der Waals surface area contributed by atoms with Crippen LogP contribution in [0.4, 0.5) is 17.1 Å². The summed E-state index contributed by atoms with van der Waals surface area (Å²) < 4.78 is 4.69. The van der Waals surface area contributed by atoms with Crippen LogP contribution >= 0.6 is 0 Å². The number of hydrogen-bond acceptors (Lipinski definition) is 5. The number of benzene rings is 2. The first-order valence-electron chi connectivity index (χ1n) is 9.23. The van der Waals surface area contributed by atoms with E-state index < -0.39 is 5.97 Å². The first-order valence-corrected chi connectivity index (χ1v) is 9.23. The second kappa shape index (κ2) is 9.07. The van der Waals surface area contributed by atoms with E-state index in [2.05, 4.69) is 32.4 Å². The molecule has 0 bridgehead atoms. The molecule has 3 rings (SSSR count). The molecule has 1 amide bonds. The lowest BCUT2D eigenvalue weighted by molar-refractivity contribution is -0.114. The molecule has 0 saturated carbocycles. The molecule has 1 aliphatic rings. The van der Waals surface area contributed by atoms with E-state index in [-0.39, 0.29) is 12.5 Å². The van der Waals surface area contributed by atoms with Crippen LogP contribution in [0, 0.1) is 0 Å². The molecular formula is C21H25N3O3. The fourth-order valence-corrected chi connectivity index (χ4v) is 3.17. The van der Waals surface area contributed by atoms with Crippen LogP contribution in [-0.2, 0) is 9.53 Å². The Morgan fingerprint density at radius 3 is 2.44 bits per heavy atom. The Labute approximate surface area is 159 Å². The molecule has 2 aromatic rings. The molecule has 2 N–H and O–H groups in total. The van der Waals surface area contributed by atoms with Gasteiger partial charge in [0, 0.05) is 30.2 Å². The second-order valence-electron chi connectivity index (χ2n) is 6.57. The highest BCUT2D eigenvalue weighted by Crippen LogP contribution is 2.21. The van der Waals surface area contributed by atoms with Crippen molar-refractivity contribution in [3.63, 3.8) is 0 Å².